The number of benzene rings is 2. The van der Waals surface area contributed by atoms with E-state index in [1.165, 1.54) is 18.2 Å². The molecule has 2 aromatic carbocycles. The number of nitro groups is 1. The van der Waals surface area contributed by atoms with Gasteiger partial charge in [0.1, 0.15) is 6.33 Å². The zero-order valence-corrected chi connectivity index (χ0v) is 16.0. The Bertz CT molecular complexity index is 1130. The van der Waals surface area contributed by atoms with Crippen LogP contribution in [0.15, 0.2) is 54.9 Å². The minimum Gasteiger partial charge on any atom is -0.334 e. The van der Waals surface area contributed by atoms with Crippen molar-refractivity contribution in [3.63, 3.8) is 0 Å². The summed E-state index contributed by atoms with van der Waals surface area (Å²) >= 11 is 5.58. The van der Waals surface area contributed by atoms with Crippen LogP contribution in [0, 0.1) is 10.1 Å². The van der Waals surface area contributed by atoms with Gasteiger partial charge < -0.3 is 5.32 Å². The number of carbonyl (C=O) groups excluding carboxylic acids is 1. The number of hydrazine groups is 1. The monoisotopic (exact) mass is 452 g/mol. The van der Waals surface area contributed by atoms with Crippen LogP contribution in [0.2, 0.25) is 5.02 Å². The molecule has 13 heteroatoms. The number of amides is 1. The minimum atomic E-state index is -4.72. The highest BCUT2D eigenvalue weighted by Crippen LogP contribution is 2.37. The average Bonchev–Trinajstić information content (AvgIpc) is 2.73. The second-order valence-corrected chi connectivity index (χ2v) is 6.35. The van der Waals surface area contributed by atoms with Gasteiger partial charge in [0.05, 0.1) is 15.5 Å². The van der Waals surface area contributed by atoms with Crippen LogP contribution in [0.4, 0.5) is 36.2 Å². The van der Waals surface area contributed by atoms with Gasteiger partial charge in [-0.05, 0) is 30.3 Å². The Balaban J connectivity index is 1.87. The number of aromatic nitrogens is 2. The van der Waals surface area contributed by atoms with E-state index in [0.717, 1.165) is 12.4 Å². The van der Waals surface area contributed by atoms with Crippen LogP contribution < -0.4 is 16.2 Å². The summed E-state index contributed by atoms with van der Waals surface area (Å²) in [4.78, 5) is 30.3. The van der Waals surface area contributed by atoms with E-state index in [1.54, 1.807) is 18.2 Å². The summed E-state index contributed by atoms with van der Waals surface area (Å²) in [5, 5.41) is 13.5. The van der Waals surface area contributed by atoms with Crippen LogP contribution in [0.25, 0.3) is 0 Å². The smallest absolute Gasteiger partial charge is 0.334 e. The molecule has 3 rings (SSSR count). The van der Waals surface area contributed by atoms with E-state index in [9.17, 15) is 28.1 Å². The number of nitrogens with one attached hydrogen (secondary N) is 3. The maximum atomic E-state index is 13.1. The Hall–Kier alpha value is -3.93. The zero-order valence-electron chi connectivity index (χ0n) is 15.3. The molecule has 0 aliphatic carbocycles. The lowest BCUT2D eigenvalue weighted by Crippen LogP contribution is -2.30. The van der Waals surface area contributed by atoms with Gasteiger partial charge in [-0.15, -0.1) is 0 Å². The Kier molecular flexibility index (Phi) is 6.20. The summed E-state index contributed by atoms with van der Waals surface area (Å²) in [7, 11) is 0. The van der Waals surface area contributed by atoms with E-state index in [4.69, 9.17) is 11.6 Å². The lowest BCUT2D eigenvalue weighted by atomic mass is 10.2. The second kappa shape index (κ2) is 8.83. The quantitative estimate of drug-likeness (QED) is 0.370. The number of carbonyl (C=O) groups is 1. The van der Waals surface area contributed by atoms with Gasteiger partial charge in [-0.1, -0.05) is 29.8 Å². The molecule has 0 aliphatic rings. The number of hydrogen-bond donors (Lipinski definition) is 3. The molecule has 1 aromatic heterocycles. The normalized spacial score (nSPS) is 11.0. The first-order valence-electron chi connectivity index (χ1n) is 8.41. The molecule has 160 valence electrons. The summed E-state index contributed by atoms with van der Waals surface area (Å²) in [6, 6.07) is 10.9. The summed E-state index contributed by atoms with van der Waals surface area (Å²) in [5.74, 6) is -1.36. The predicted molar refractivity (Wildman–Crippen MR) is 106 cm³/mol. The van der Waals surface area contributed by atoms with Crippen LogP contribution in [-0.2, 0) is 6.18 Å². The lowest BCUT2D eigenvalue weighted by Gasteiger charge is -2.13. The molecule has 1 amide bonds. The van der Waals surface area contributed by atoms with E-state index in [1.807, 2.05) is 0 Å². The third kappa shape index (κ3) is 5.17. The SMILES string of the molecule is O=C(NNc1ncnc(Nc2ccc(Cl)c(C(F)(F)F)c2)c1[N+](=O)[O-])c1ccccc1. The summed E-state index contributed by atoms with van der Waals surface area (Å²) in [6.45, 7) is 0. The van der Waals surface area contributed by atoms with Gasteiger partial charge in [0.2, 0.25) is 11.6 Å². The van der Waals surface area contributed by atoms with Crippen LogP contribution in [0.3, 0.4) is 0 Å². The molecule has 0 saturated carbocycles. The summed E-state index contributed by atoms with van der Waals surface area (Å²) < 4.78 is 39.2. The van der Waals surface area contributed by atoms with Gasteiger partial charge in [-0.2, -0.15) is 13.2 Å². The number of anilines is 3. The highest BCUT2D eigenvalue weighted by Gasteiger charge is 2.33. The number of alkyl halides is 3. The van der Waals surface area contributed by atoms with E-state index < -0.39 is 39.1 Å². The number of hydrogen-bond acceptors (Lipinski definition) is 7. The molecule has 0 atom stereocenters. The molecule has 31 heavy (non-hydrogen) atoms. The van der Waals surface area contributed by atoms with Crippen molar-refractivity contribution < 1.29 is 22.9 Å². The third-order valence-electron chi connectivity index (χ3n) is 3.87. The van der Waals surface area contributed by atoms with Crippen molar-refractivity contribution in [1.82, 2.24) is 15.4 Å². The van der Waals surface area contributed by atoms with Crippen LogP contribution >= 0.6 is 11.6 Å². The maximum absolute atomic E-state index is 13.1. The van der Waals surface area contributed by atoms with Gasteiger partial charge in [0, 0.05) is 11.3 Å². The number of nitrogens with zero attached hydrogens (tertiary/aromatic N) is 3. The Morgan fingerprint density at radius 2 is 1.74 bits per heavy atom. The van der Waals surface area contributed by atoms with Gasteiger partial charge in [0.25, 0.3) is 5.91 Å². The second-order valence-electron chi connectivity index (χ2n) is 5.94. The van der Waals surface area contributed by atoms with Crippen molar-refractivity contribution in [3.05, 3.63) is 81.1 Å². The molecular weight excluding hydrogens is 441 g/mol. The van der Waals surface area contributed by atoms with Crippen LogP contribution in [0.5, 0.6) is 0 Å². The topological polar surface area (TPSA) is 122 Å². The Labute approximate surface area is 177 Å². The molecule has 0 fully saturated rings. The number of rotatable bonds is 6. The van der Waals surface area contributed by atoms with E-state index >= 15 is 0 Å². The van der Waals surface area contributed by atoms with Gasteiger partial charge in [-0.3, -0.25) is 25.8 Å². The van der Waals surface area contributed by atoms with Gasteiger partial charge in [-0.25, -0.2) is 9.97 Å². The van der Waals surface area contributed by atoms with Crippen molar-refractivity contribution in [2.75, 3.05) is 10.7 Å². The lowest BCUT2D eigenvalue weighted by molar-refractivity contribution is -0.383. The van der Waals surface area contributed by atoms with Crippen molar-refractivity contribution >= 4 is 40.5 Å². The predicted octanol–water partition coefficient (Wildman–Crippen LogP) is 4.56. The zero-order chi connectivity index (χ0) is 22.6. The van der Waals surface area contributed by atoms with E-state index in [-0.39, 0.29) is 17.1 Å². The molecule has 0 bridgehead atoms. The molecule has 3 aromatic rings. The standard InChI is InChI=1S/C18H12ClF3N6O3/c19-13-7-6-11(8-12(13)18(20,21)22)25-15-14(28(30)31)16(24-9-23-15)26-27-17(29)10-4-2-1-3-5-10/h1-9H,(H,27,29)(H2,23,24,25,26). The molecule has 0 unspecified atom stereocenters. The first kappa shape index (κ1) is 21.8. The molecule has 0 aliphatic heterocycles. The van der Waals surface area contributed by atoms with Crippen molar-refractivity contribution in [2.24, 2.45) is 0 Å². The van der Waals surface area contributed by atoms with Crippen LogP contribution in [-0.4, -0.2) is 20.8 Å². The van der Waals surface area contributed by atoms with Crippen LogP contribution in [0.1, 0.15) is 15.9 Å². The molecule has 3 N–H and O–H groups in total. The molecule has 0 saturated heterocycles. The fraction of sp³-hybridized carbons (Fsp3) is 0.0556. The summed E-state index contributed by atoms with van der Waals surface area (Å²) in [6.07, 6.45) is -3.78. The van der Waals surface area contributed by atoms with Gasteiger partial charge >= 0.3 is 11.9 Å². The third-order valence-corrected chi connectivity index (χ3v) is 4.20. The summed E-state index contributed by atoms with van der Waals surface area (Å²) in [5.41, 5.74) is 2.92. The molecule has 0 radical (unpaired) electrons. The first-order chi connectivity index (χ1) is 14.7. The molecule has 1 heterocycles. The number of halogens is 4. The van der Waals surface area contributed by atoms with Crippen molar-refractivity contribution in [3.8, 4) is 0 Å². The Morgan fingerprint density at radius 3 is 2.39 bits per heavy atom. The molecular formula is C18H12ClF3N6O3. The maximum Gasteiger partial charge on any atom is 0.417 e. The highest BCUT2D eigenvalue weighted by molar-refractivity contribution is 6.31. The minimum absolute atomic E-state index is 0.141. The Morgan fingerprint density at radius 1 is 1.06 bits per heavy atom. The fourth-order valence-electron chi connectivity index (χ4n) is 2.47. The van der Waals surface area contributed by atoms with Gasteiger partial charge in [0.15, 0.2) is 0 Å². The van der Waals surface area contributed by atoms with Crippen molar-refractivity contribution in [2.45, 2.75) is 6.18 Å². The first-order valence-corrected chi connectivity index (χ1v) is 8.79. The van der Waals surface area contributed by atoms with Crippen molar-refractivity contribution in [1.29, 1.82) is 0 Å². The molecule has 0 spiro atoms. The highest BCUT2D eigenvalue weighted by atomic mass is 35.5. The molecule has 9 nitrogen and oxygen atoms in total. The fourth-order valence-corrected chi connectivity index (χ4v) is 2.69. The average molecular weight is 453 g/mol. The van der Waals surface area contributed by atoms with E-state index in [0.29, 0.717) is 6.07 Å². The van der Waals surface area contributed by atoms with E-state index in [2.05, 4.69) is 26.1 Å². The largest absolute Gasteiger partial charge is 0.417 e.